The minimum absolute atomic E-state index is 0.0235. The van der Waals surface area contributed by atoms with E-state index >= 15 is 0 Å². The van der Waals surface area contributed by atoms with Gasteiger partial charge in [0.25, 0.3) is 0 Å². The molecule has 0 atom stereocenters. The highest BCUT2D eigenvalue weighted by atomic mass is 16.4. The summed E-state index contributed by atoms with van der Waals surface area (Å²) in [6, 6.07) is 13.3. The number of rotatable bonds is 3. The fraction of sp³-hybridized carbons (Fsp3) is 0. The fourth-order valence-electron chi connectivity index (χ4n) is 2.13. The Balaban J connectivity index is 2.16. The van der Waals surface area contributed by atoms with Crippen LogP contribution < -0.4 is 0 Å². The first-order chi connectivity index (χ1) is 9.68. The van der Waals surface area contributed by atoms with Gasteiger partial charge in [0.05, 0.1) is 11.1 Å². The Morgan fingerprint density at radius 3 is 2.35 bits per heavy atom. The number of carbonyl (C=O) groups is 2. The summed E-state index contributed by atoms with van der Waals surface area (Å²) in [5.41, 5.74) is 1.08. The Labute approximate surface area is 113 Å². The number of hydrogen-bond acceptors (Lipinski definition) is 3. The van der Waals surface area contributed by atoms with Crippen LogP contribution in [0.4, 0.5) is 0 Å². The monoisotopic (exact) mass is 266 g/mol. The highest BCUT2D eigenvalue weighted by Gasteiger charge is 2.21. The molecule has 5 heteroatoms. The normalized spacial score (nSPS) is 10.6. The van der Waals surface area contributed by atoms with Crippen LogP contribution in [0.5, 0.6) is 0 Å². The number of carbonyl (C=O) groups excluding carboxylic acids is 1. The minimum Gasteiger partial charge on any atom is -0.478 e. The minimum atomic E-state index is -1.13. The molecule has 0 fully saturated rings. The zero-order chi connectivity index (χ0) is 14.1. The molecule has 98 valence electrons. The lowest BCUT2D eigenvalue weighted by Gasteiger charge is -2.03. The largest absolute Gasteiger partial charge is 0.478 e. The second-order valence-electron chi connectivity index (χ2n) is 4.30. The average Bonchev–Trinajstić information content (AvgIpc) is 2.90. The van der Waals surface area contributed by atoms with E-state index in [0.29, 0.717) is 5.39 Å². The lowest BCUT2D eigenvalue weighted by Crippen LogP contribution is -2.10. The van der Waals surface area contributed by atoms with Crippen LogP contribution >= 0.6 is 0 Å². The van der Waals surface area contributed by atoms with Crippen molar-refractivity contribution in [2.24, 2.45) is 0 Å². The molecule has 2 aromatic carbocycles. The van der Waals surface area contributed by atoms with Crippen LogP contribution in [-0.4, -0.2) is 27.1 Å². The number of hydrogen-bond donors (Lipinski definition) is 2. The number of H-pyrrole nitrogens is 1. The molecule has 0 unspecified atom stereocenters. The van der Waals surface area contributed by atoms with E-state index in [1.165, 1.54) is 12.1 Å². The number of carboxylic acids is 1. The van der Waals surface area contributed by atoms with E-state index in [-0.39, 0.29) is 16.8 Å². The Kier molecular flexibility index (Phi) is 2.80. The van der Waals surface area contributed by atoms with Crippen molar-refractivity contribution >= 4 is 22.7 Å². The predicted octanol–water partition coefficient (Wildman–Crippen LogP) is 2.49. The van der Waals surface area contributed by atoms with Crippen LogP contribution in [0.1, 0.15) is 26.4 Å². The van der Waals surface area contributed by atoms with Crippen molar-refractivity contribution in [2.45, 2.75) is 0 Å². The molecule has 0 aliphatic rings. The van der Waals surface area contributed by atoms with Crippen LogP contribution in [0.3, 0.4) is 0 Å². The number of nitrogens with zero attached hydrogens (tertiary/aromatic N) is 1. The van der Waals surface area contributed by atoms with E-state index < -0.39 is 11.8 Å². The summed E-state index contributed by atoms with van der Waals surface area (Å²) >= 11 is 0. The third kappa shape index (κ3) is 1.85. The molecule has 1 aromatic heterocycles. The van der Waals surface area contributed by atoms with Crippen molar-refractivity contribution in [3.8, 4) is 0 Å². The molecule has 0 spiro atoms. The Bertz CT molecular complexity index is 821. The number of aromatic nitrogens is 2. The molecule has 0 amide bonds. The van der Waals surface area contributed by atoms with E-state index in [9.17, 15) is 9.59 Å². The quantitative estimate of drug-likeness (QED) is 0.713. The second-order valence-corrected chi connectivity index (χ2v) is 4.30. The number of para-hydroxylation sites is 1. The van der Waals surface area contributed by atoms with Gasteiger partial charge in [-0.05, 0) is 12.1 Å². The third-order valence-corrected chi connectivity index (χ3v) is 3.09. The molecule has 20 heavy (non-hydrogen) atoms. The van der Waals surface area contributed by atoms with Crippen LogP contribution in [-0.2, 0) is 0 Å². The van der Waals surface area contributed by atoms with Gasteiger partial charge < -0.3 is 5.11 Å². The lowest BCUT2D eigenvalue weighted by atomic mass is 10.00. The first-order valence-corrected chi connectivity index (χ1v) is 5.98. The smallest absolute Gasteiger partial charge is 0.336 e. The number of aromatic carboxylic acids is 1. The SMILES string of the molecule is O=C(O)c1ccccc1C(=O)c1n[nH]c2ccccc12. The van der Waals surface area contributed by atoms with Gasteiger partial charge in [0, 0.05) is 10.9 Å². The van der Waals surface area contributed by atoms with E-state index in [2.05, 4.69) is 10.2 Å². The molecule has 0 saturated carbocycles. The van der Waals surface area contributed by atoms with E-state index in [4.69, 9.17) is 5.11 Å². The summed E-state index contributed by atoms with van der Waals surface area (Å²) in [5, 5.41) is 16.6. The summed E-state index contributed by atoms with van der Waals surface area (Å²) in [4.78, 5) is 23.7. The maximum absolute atomic E-state index is 12.5. The number of aromatic amines is 1. The maximum Gasteiger partial charge on any atom is 0.336 e. The van der Waals surface area contributed by atoms with E-state index in [0.717, 1.165) is 5.52 Å². The standard InChI is InChI=1S/C15H10N2O3/c18-14(9-5-1-2-6-10(9)15(19)20)13-11-7-3-4-8-12(11)16-17-13/h1-8H,(H,16,17)(H,19,20). The molecule has 0 radical (unpaired) electrons. The highest BCUT2D eigenvalue weighted by molar-refractivity contribution is 6.18. The van der Waals surface area contributed by atoms with Crippen molar-refractivity contribution in [2.75, 3.05) is 0 Å². The van der Waals surface area contributed by atoms with Gasteiger partial charge in [-0.1, -0.05) is 36.4 Å². The van der Waals surface area contributed by atoms with Crippen LogP contribution in [0.15, 0.2) is 48.5 Å². The Morgan fingerprint density at radius 2 is 1.60 bits per heavy atom. The van der Waals surface area contributed by atoms with Gasteiger partial charge in [-0.25, -0.2) is 4.79 Å². The summed E-state index contributed by atoms with van der Waals surface area (Å²) < 4.78 is 0. The molecule has 0 aliphatic carbocycles. The predicted molar refractivity (Wildman–Crippen MR) is 72.9 cm³/mol. The maximum atomic E-state index is 12.5. The molecule has 1 heterocycles. The molecule has 3 rings (SSSR count). The topological polar surface area (TPSA) is 83.0 Å². The Hall–Kier alpha value is -2.95. The zero-order valence-corrected chi connectivity index (χ0v) is 10.3. The first-order valence-electron chi connectivity index (χ1n) is 5.98. The van der Waals surface area contributed by atoms with Gasteiger partial charge in [0.1, 0.15) is 5.69 Å². The number of carboxylic acid groups (broad SMARTS) is 1. The summed E-state index contributed by atoms with van der Waals surface area (Å²) in [6.07, 6.45) is 0. The van der Waals surface area contributed by atoms with Gasteiger partial charge in [0.2, 0.25) is 5.78 Å². The second kappa shape index (κ2) is 4.62. The number of nitrogens with one attached hydrogen (secondary N) is 1. The molecule has 3 aromatic rings. The number of benzene rings is 2. The third-order valence-electron chi connectivity index (χ3n) is 3.09. The molecule has 0 aliphatic heterocycles. The Morgan fingerprint density at radius 1 is 0.950 bits per heavy atom. The molecule has 2 N–H and O–H groups in total. The molecule has 0 saturated heterocycles. The molecule has 5 nitrogen and oxygen atoms in total. The van der Waals surface area contributed by atoms with Gasteiger partial charge in [0.15, 0.2) is 0 Å². The van der Waals surface area contributed by atoms with Gasteiger partial charge in [-0.15, -0.1) is 0 Å². The zero-order valence-electron chi connectivity index (χ0n) is 10.3. The highest BCUT2D eigenvalue weighted by Crippen LogP contribution is 2.20. The lowest BCUT2D eigenvalue weighted by molar-refractivity contribution is 0.0692. The van der Waals surface area contributed by atoms with E-state index in [1.807, 2.05) is 12.1 Å². The van der Waals surface area contributed by atoms with Crippen LogP contribution in [0.25, 0.3) is 10.9 Å². The first kappa shape index (κ1) is 12.1. The summed E-state index contributed by atoms with van der Waals surface area (Å²) in [7, 11) is 0. The van der Waals surface area contributed by atoms with Gasteiger partial charge in [-0.2, -0.15) is 5.10 Å². The van der Waals surface area contributed by atoms with Crippen molar-refractivity contribution < 1.29 is 14.7 Å². The van der Waals surface area contributed by atoms with Crippen LogP contribution in [0, 0.1) is 0 Å². The fourth-order valence-corrected chi connectivity index (χ4v) is 2.13. The number of fused-ring (bicyclic) bond motifs is 1. The van der Waals surface area contributed by atoms with Gasteiger partial charge in [-0.3, -0.25) is 9.89 Å². The van der Waals surface area contributed by atoms with E-state index in [1.54, 1.807) is 24.3 Å². The number of ketones is 1. The molecular formula is C15H10N2O3. The average molecular weight is 266 g/mol. The summed E-state index contributed by atoms with van der Waals surface area (Å²) in [6.45, 7) is 0. The summed E-state index contributed by atoms with van der Waals surface area (Å²) in [5.74, 6) is -1.53. The molecular weight excluding hydrogens is 256 g/mol. The van der Waals surface area contributed by atoms with Crippen molar-refractivity contribution in [3.05, 3.63) is 65.4 Å². The van der Waals surface area contributed by atoms with Gasteiger partial charge >= 0.3 is 5.97 Å². The van der Waals surface area contributed by atoms with Crippen molar-refractivity contribution in [1.29, 1.82) is 0 Å². The van der Waals surface area contributed by atoms with Crippen LogP contribution in [0.2, 0.25) is 0 Å². The van der Waals surface area contributed by atoms with Crippen molar-refractivity contribution in [1.82, 2.24) is 10.2 Å². The van der Waals surface area contributed by atoms with Crippen molar-refractivity contribution in [3.63, 3.8) is 0 Å². The molecule has 0 bridgehead atoms.